The van der Waals surface area contributed by atoms with E-state index in [1.54, 1.807) is 12.1 Å². The average molecular weight is 287 g/mol. The van der Waals surface area contributed by atoms with Gasteiger partial charge in [-0.25, -0.2) is 14.4 Å². The second-order valence-corrected chi connectivity index (χ2v) is 6.10. The van der Waals surface area contributed by atoms with Crippen LogP contribution >= 0.6 is 0 Å². The molecular weight excluding hydrogens is 265 g/mol. The number of anilines is 1. The summed E-state index contributed by atoms with van der Waals surface area (Å²) in [5.74, 6) is 1.22. The molecule has 0 spiro atoms. The van der Waals surface area contributed by atoms with Gasteiger partial charge in [0.15, 0.2) is 0 Å². The van der Waals surface area contributed by atoms with Crippen LogP contribution in [0.3, 0.4) is 0 Å². The Balaban J connectivity index is 2.38. The fraction of sp³-hybridized carbons (Fsp3) is 0.412. The van der Waals surface area contributed by atoms with Crippen molar-refractivity contribution in [2.75, 3.05) is 11.9 Å². The van der Waals surface area contributed by atoms with Gasteiger partial charge in [-0.15, -0.1) is 0 Å². The number of nitrogens with one attached hydrogen (secondary N) is 1. The van der Waals surface area contributed by atoms with E-state index < -0.39 is 0 Å². The lowest BCUT2D eigenvalue weighted by molar-refractivity contribution is 0.562. The Morgan fingerprint density at radius 2 is 1.86 bits per heavy atom. The number of hydrogen-bond donors (Lipinski definition) is 1. The van der Waals surface area contributed by atoms with Gasteiger partial charge in [0.25, 0.3) is 0 Å². The summed E-state index contributed by atoms with van der Waals surface area (Å²) in [5.41, 5.74) is 1.50. The van der Waals surface area contributed by atoms with E-state index in [0.717, 1.165) is 18.1 Å². The molecule has 1 heterocycles. The zero-order chi connectivity index (χ0) is 15.5. The molecule has 21 heavy (non-hydrogen) atoms. The monoisotopic (exact) mass is 287 g/mol. The first-order valence-corrected chi connectivity index (χ1v) is 7.26. The van der Waals surface area contributed by atoms with Crippen LogP contribution in [-0.4, -0.2) is 16.5 Å². The molecule has 4 heteroatoms. The van der Waals surface area contributed by atoms with Gasteiger partial charge in [0, 0.05) is 24.4 Å². The molecule has 0 radical (unpaired) electrons. The Morgan fingerprint density at radius 1 is 1.14 bits per heavy atom. The van der Waals surface area contributed by atoms with E-state index in [0.29, 0.717) is 17.8 Å². The highest BCUT2D eigenvalue weighted by atomic mass is 19.1. The molecule has 0 saturated carbocycles. The predicted octanol–water partition coefficient (Wildman–Crippen LogP) is 3.94. The van der Waals surface area contributed by atoms with E-state index >= 15 is 0 Å². The molecule has 0 atom stereocenters. The molecule has 0 saturated heterocycles. The SMILES string of the molecule is CCNc1cc(C(C)(C)C)nc(Cc2ccccc2F)n1. The topological polar surface area (TPSA) is 37.8 Å². The molecule has 0 fully saturated rings. The number of halogens is 1. The minimum absolute atomic E-state index is 0.0723. The highest BCUT2D eigenvalue weighted by molar-refractivity contribution is 5.38. The average Bonchev–Trinajstić information content (AvgIpc) is 2.41. The minimum Gasteiger partial charge on any atom is -0.370 e. The van der Waals surface area contributed by atoms with Gasteiger partial charge < -0.3 is 5.32 Å². The van der Waals surface area contributed by atoms with E-state index in [1.807, 2.05) is 19.1 Å². The third-order valence-corrected chi connectivity index (χ3v) is 3.21. The molecule has 1 aromatic heterocycles. The van der Waals surface area contributed by atoms with Crippen LogP contribution in [0.15, 0.2) is 30.3 Å². The third kappa shape index (κ3) is 4.00. The van der Waals surface area contributed by atoms with Gasteiger partial charge in [-0.05, 0) is 18.6 Å². The third-order valence-electron chi connectivity index (χ3n) is 3.21. The predicted molar refractivity (Wildman–Crippen MR) is 84.1 cm³/mol. The molecule has 0 aliphatic carbocycles. The van der Waals surface area contributed by atoms with Crippen LogP contribution in [-0.2, 0) is 11.8 Å². The molecule has 1 aromatic carbocycles. The second kappa shape index (κ2) is 6.20. The standard InChI is InChI=1S/C17H22FN3/c1-5-19-15-11-14(17(2,3)4)20-16(21-15)10-12-8-6-7-9-13(12)18/h6-9,11H,5,10H2,1-4H3,(H,19,20,21). The van der Waals surface area contributed by atoms with E-state index in [4.69, 9.17) is 0 Å². The molecule has 3 nitrogen and oxygen atoms in total. The van der Waals surface area contributed by atoms with Crippen LogP contribution in [0.25, 0.3) is 0 Å². The number of rotatable bonds is 4. The van der Waals surface area contributed by atoms with E-state index in [1.165, 1.54) is 6.07 Å². The van der Waals surface area contributed by atoms with Crippen molar-refractivity contribution >= 4 is 5.82 Å². The Kier molecular flexibility index (Phi) is 4.56. The first-order chi connectivity index (χ1) is 9.90. The highest BCUT2D eigenvalue weighted by Gasteiger charge is 2.18. The fourth-order valence-electron chi connectivity index (χ4n) is 2.04. The van der Waals surface area contributed by atoms with Crippen molar-refractivity contribution in [1.82, 2.24) is 9.97 Å². The van der Waals surface area contributed by atoms with Crippen LogP contribution in [0.2, 0.25) is 0 Å². The first kappa shape index (κ1) is 15.4. The molecular formula is C17H22FN3. The van der Waals surface area contributed by atoms with Gasteiger partial charge in [0.2, 0.25) is 0 Å². The quantitative estimate of drug-likeness (QED) is 0.925. The minimum atomic E-state index is -0.215. The lowest BCUT2D eigenvalue weighted by atomic mass is 9.92. The maximum atomic E-state index is 13.8. The lowest BCUT2D eigenvalue weighted by Crippen LogP contribution is -2.17. The van der Waals surface area contributed by atoms with E-state index in [2.05, 4.69) is 36.1 Å². The summed E-state index contributed by atoms with van der Waals surface area (Å²) in [7, 11) is 0. The van der Waals surface area contributed by atoms with Crippen LogP contribution in [0.4, 0.5) is 10.2 Å². The Bertz CT molecular complexity index is 618. The van der Waals surface area contributed by atoms with Gasteiger partial charge in [0.1, 0.15) is 17.5 Å². The summed E-state index contributed by atoms with van der Waals surface area (Å²) < 4.78 is 13.8. The zero-order valence-electron chi connectivity index (χ0n) is 13.1. The van der Waals surface area contributed by atoms with Crippen molar-refractivity contribution in [1.29, 1.82) is 0 Å². The molecule has 2 aromatic rings. The number of aromatic nitrogens is 2. The van der Waals surface area contributed by atoms with Crippen molar-refractivity contribution < 1.29 is 4.39 Å². The number of benzene rings is 1. The van der Waals surface area contributed by atoms with Crippen LogP contribution in [0.5, 0.6) is 0 Å². The van der Waals surface area contributed by atoms with Crippen molar-refractivity contribution in [2.45, 2.75) is 39.5 Å². The van der Waals surface area contributed by atoms with Gasteiger partial charge in [-0.1, -0.05) is 39.0 Å². The van der Waals surface area contributed by atoms with Gasteiger partial charge >= 0.3 is 0 Å². The largest absolute Gasteiger partial charge is 0.370 e. The van der Waals surface area contributed by atoms with Crippen molar-refractivity contribution in [2.24, 2.45) is 0 Å². The summed E-state index contributed by atoms with van der Waals surface area (Å²) in [5, 5.41) is 3.22. The molecule has 0 unspecified atom stereocenters. The normalized spacial score (nSPS) is 11.5. The summed E-state index contributed by atoms with van der Waals surface area (Å²) in [6.45, 7) is 9.14. The molecule has 1 N–H and O–H groups in total. The summed E-state index contributed by atoms with van der Waals surface area (Å²) >= 11 is 0. The molecule has 0 bridgehead atoms. The van der Waals surface area contributed by atoms with Crippen molar-refractivity contribution in [3.63, 3.8) is 0 Å². The maximum Gasteiger partial charge on any atom is 0.135 e. The number of nitrogens with zero attached hydrogens (tertiary/aromatic N) is 2. The molecule has 0 aliphatic heterocycles. The Labute approximate surface area is 125 Å². The zero-order valence-corrected chi connectivity index (χ0v) is 13.1. The van der Waals surface area contributed by atoms with Crippen LogP contribution < -0.4 is 5.32 Å². The van der Waals surface area contributed by atoms with Crippen LogP contribution in [0.1, 0.15) is 44.8 Å². The van der Waals surface area contributed by atoms with Crippen molar-refractivity contribution in [3.8, 4) is 0 Å². The summed E-state index contributed by atoms with van der Waals surface area (Å²) in [4.78, 5) is 9.09. The van der Waals surface area contributed by atoms with Gasteiger partial charge in [0.05, 0.1) is 5.69 Å². The summed E-state index contributed by atoms with van der Waals surface area (Å²) in [6, 6.07) is 8.73. The molecule has 0 aliphatic rings. The van der Waals surface area contributed by atoms with E-state index in [9.17, 15) is 4.39 Å². The Hall–Kier alpha value is -1.97. The molecule has 112 valence electrons. The van der Waals surface area contributed by atoms with Crippen molar-refractivity contribution in [3.05, 3.63) is 53.2 Å². The van der Waals surface area contributed by atoms with E-state index in [-0.39, 0.29) is 11.2 Å². The Morgan fingerprint density at radius 3 is 2.48 bits per heavy atom. The fourth-order valence-corrected chi connectivity index (χ4v) is 2.04. The number of hydrogen-bond acceptors (Lipinski definition) is 3. The first-order valence-electron chi connectivity index (χ1n) is 7.26. The van der Waals surface area contributed by atoms with Crippen LogP contribution in [0, 0.1) is 5.82 Å². The molecule has 2 rings (SSSR count). The lowest BCUT2D eigenvalue weighted by Gasteiger charge is -2.19. The summed E-state index contributed by atoms with van der Waals surface area (Å²) in [6.07, 6.45) is 0.398. The second-order valence-electron chi connectivity index (χ2n) is 6.10. The molecule has 0 amide bonds. The van der Waals surface area contributed by atoms with Gasteiger partial charge in [-0.2, -0.15) is 0 Å². The van der Waals surface area contributed by atoms with Gasteiger partial charge in [-0.3, -0.25) is 0 Å². The highest BCUT2D eigenvalue weighted by Crippen LogP contribution is 2.23. The smallest absolute Gasteiger partial charge is 0.135 e. The maximum absolute atomic E-state index is 13.8.